The molecule has 8 heteroatoms. The minimum atomic E-state index is -1.01. The maximum Gasteiger partial charge on any atom is 0.408 e. The molecule has 0 aliphatic carbocycles. The zero-order valence-electron chi connectivity index (χ0n) is 15.6. The lowest BCUT2D eigenvalue weighted by Crippen LogP contribution is -2.42. The van der Waals surface area contributed by atoms with Gasteiger partial charge >= 0.3 is 6.09 Å². The van der Waals surface area contributed by atoms with Gasteiger partial charge in [0.15, 0.2) is 0 Å². The third kappa shape index (κ3) is 3.67. The van der Waals surface area contributed by atoms with Crippen LogP contribution in [0.2, 0.25) is 0 Å². The number of hydrogen-bond donors (Lipinski definition) is 1. The van der Waals surface area contributed by atoms with Gasteiger partial charge in [0.1, 0.15) is 17.1 Å². The predicted molar refractivity (Wildman–Crippen MR) is 101 cm³/mol. The van der Waals surface area contributed by atoms with Gasteiger partial charge in [-0.05, 0) is 50.1 Å². The number of carboxylic acid groups (broad SMARTS) is 1. The first-order valence-electron chi connectivity index (χ1n) is 9.04. The van der Waals surface area contributed by atoms with Crippen LogP contribution in [0.25, 0.3) is 11.5 Å². The van der Waals surface area contributed by atoms with E-state index >= 15 is 0 Å². The smallest absolute Gasteiger partial charge is 0.408 e. The van der Waals surface area contributed by atoms with Gasteiger partial charge in [0.2, 0.25) is 5.82 Å². The quantitative estimate of drug-likeness (QED) is 0.669. The van der Waals surface area contributed by atoms with Crippen molar-refractivity contribution in [3.05, 3.63) is 65.4 Å². The summed E-state index contributed by atoms with van der Waals surface area (Å²) in [7, 11) is 0. The van der Waals surface area contributed by atoms with Gasteiger partial charge in [-0.1, -0.05) is 23.1 Å². The molecule has 146 valence electrons. The summed E-state index contributed by atoms with van der Waals surface area (Å²) < 4.78 is 18.6. The van der Waals surface area contributed by atoms with E-state index in [-0.39, 0.29) is 17.5 Å². The Morgan fingerprint density at radius 3 is 2.83 bits per heavy atom. The molecule has 1 unspecified atom stereocenters. The second-order valence-corrected chi connectivity index (χ2v) is 6.93. The van der Waals surface area contributed by atoms with Crippen molar-refractivity contribution in [2.24, 2.45) is 0 Å². The van der Waals surface area contributed by atoms with Gasteiger partial charge in [-0.15, -0.1) is 0 Å². The highest BCUT2D eigenvalue weighted by Gasteiger charge is 2.45. The summed E-state index contributed by atoms with van der Waals surface area (Å²) >= 11 is 0. The lowest BCUT2D eigenvalue weighted by Gasteiger charge is -2.29. The van der Waals surface area contributed by atoms with Crippen LogP contribution in [0.5, 0.6) is 0 Å². The molecule has 1 amide bonds. The maximum absolute atomic E-state index is 13.2. The van der Waals surface area contributed by atoms with E-state index in [1.165, 1.54) is 17.0 Å². The Balaban J connectivity index is 1.54. The summed E-state index contributed by atoms with van der Waals surface area (Å²) in [4.78, 5) is 21.5. The molecule has 0 radical (unpaired) electrons. The fraction of sp³-hybridized carbons (Fsp3) is 0.238. The first-order valence-corrected chi connectivity index (χ1v) is 9.04. The Morgan fingerprint density at radius 1 is 1.28 bits per heavy atom. The summed E-state index contributed by atoms with van der Waals surface area (Å²) in [5, 5.41) is 13.4. The third-order valence-electron chi connectivity index (χ3n) is 4.93. The number of nitrogens with zero attached hydrogens (tertiary/aromatic N) is 4. The second-order valence-electron chi connectivity index (χ2n) is 6.93. The molecule has 29 heavy (non-hydrogen) atoms. The molecule has 2 aromatic heterocycles. The molecule has 4 rings (SSSR count). The maximum atomic E-state index is 13.2. The monoisotopic (exact) mass is 392 g/mol. The van der Waals surface area contributed by atoms with E-state index in [0.29, 0.717) is 29.8 Å². The van der Waals surface area contributed by atoms with E-state index in [2.05, 4.69) is 27.0 Å². The molecule has 0 spiro atoms. The van der Waals surface area contributed by atoms with E-state index in [1.807, 2.05) is 0 Å². The molecule has 7 nitrogen and oxygen atoms in total. The Kier molecular flexibility index (Phi) is 4.72. The average Bonchev–Trinajstić information content (AvgIpc) is 3.35. The van der Waals surface area contributed by atoms with Crippen LogP contribution in [0.1, 0.15) is 36.8 Å². The molecule has 1 N–H and O–H groups in total. The first-order chi connectivity index (χ1) is 14.0. The minimum absolute atomic E-state index is 0.254. The van der Waals surface area contributed by atoms with Gasteiger partial charge in [0.25, 0.3) is 5.89 Å². The standard InChI is InChI=1S/C21H17FN4O3/c1-21(10-3-11-26(21)20(27)28)19-24-18(25-29-19)17-9-8-15(13-23-17)7-6-14-4-2-5-16(22)12-14/h2,4-5,8-9,12-13H,3,10-11H2,1H3,(H,27,28). The van der Waals surface area contributed by atoms with Crippen LogP contribution in [0.4, 0.5) is 9.18 Å². The molecule has 1 aliphatic rings. The van der Waals surface area contributed by atoms with Crippen molar-refractivity contribution >= 4 is 6.09 Å². The van der Waals surface area contributed by atoms with Crippen LogP contribution in [-0.2, 0) is 5.54 Å². The molecule has 1 fully saturated rings. The number of carbonyl (C=O) groups is 1. The highest BCUT2D eigenvalue weighted by atomic mass is 19.1. The van der Waals surface area contributed by atoms with Crippen molar-refractivity contribution in [1.82, 2.24) is 20.0 Å². The van der Waals surface area contributed by atoms with E-state index in [9.17, 15) is 14.3 Å². The number of amides is 1. The van der Waals surface area contributed by atoms with Crippen LogP contribution in [0.15, 0.2) is 47.1 Å². The number of benzene rings is 1. The molecular weight excluding hydrogens is 375 g/mol. The number of halogens is 1. The van der Waals surface area contributed by atoms with Crippen molar-refractivity contribution < 1.29 is 18.8 Å². The molecule has 3 aromatic rings. The second kappa shape index (κ2) is 7.36. The van der Waals surface area contributed by atoms with Crippen molar-refractivity contribution in [2.75, 3.05) is 6.54 Å². The number of aromatic nitrogens is 3. The summed E-state index contributed by atoms with van der Waals surface area (Å²) in [6.45, 7) is 2.21. The fourth-order valence-corrected chi connectivity index (χ4v) is 3.35. The topological polar surface area (TPSA) is 92.4 Å². The van der Waals surface area contributed by atoms with Gasteiger partial charge in [0, 0.05) is 23.9 Å². The van der Waals surface area contributed by atoms with Crippen molar-refractivity contribution in [3.63, 3.8) is 0 Å². The molecule has 1 aliphatic heterocycles. The lowest BCUT2D eigenvalue weighted by atomic mass is 9.99. The predicted octanol–water partition coefficient (Wildman–Crippen LogP) is 3.66. The van der Waals surface area contributed by atoms with Crippen molar-refractivity contribution in [2.45, 2.75) is 25.3 Å². The van der Waals surface area contributed by atoms with Crippen LogP contribution in [-0.4, -0.2) is 37.8 Å². The number of pyridine rings is 1. The Bertz CT molecular complexity index is 1120. The van der Waals surface area contributed by atoms with E-state index in [0.717, 1.165) is 6.42 Å². The fourth-order valence-electron chi connectivity index (χ4n) is 3.35. The normalized spacial score (nSPS) is 18.3. The van der Waals surface area contributed by atoms with Gasteiger partial charge in [-0.3, -0.25) is 9.88 Å². The average molecular weight is 392 g/mol. The molecule has 0 bridgehead atoms. The van der Waals surface area contributed by atoms with Gasteiger partial charge < -0.3 is 9.63 Å². The van der Waals surface area contributed by atoms with Gasteiger partial charge in [-0.2, -0.15) is 4.98 Å². The SMILES string of the molecule is CC1(c2nc(-c3ccc(C#Cc4cccc(F)c4)cn3)no2)CCCN1C(=O)O. The first kappa shape index (κ1) is 18.6. The van der Waals surface area contributed by atoms with E-state index in [4.69, 9.17) is 4.52 Å². The van der Waals surface area contributed by atoms with E-state index < -0.39 is 11.6 Å². The summed E-state index contributed by atoms with van der Waals surface area (Å²) in [5.41, 5.74) is 0.874. The molecule has 1 saturated heterocycles. The molecule has 1 aromatic carbocycles. The van der Waals surface area contributed by atoms with Crippen LogP contribution < -0.4 is 0 Å². The zero-order chi connectivity index (χ0) is 20.4. The lowest BCUT2D eigenvalue weighted by molar-refractivity contribution is 0.0908. The zero-order valence-corrected chi connectivity index (χ0v) is 15.6. The van der Waals surface area contributed by atoms with Crippen LogP contribution in [0, 0.1) is 17.7 Å². The van der Waals surface area contributed by atoms with Crippen LogP contribution in [0.3, 0.4) is 0 Å². The summed E-state index contributed by atoms with van der Waals surface area (Å²) in [5.74, 6) is 6.00. The number of rotatable bonds is 2. The summed E-state index contributed by atoms with van der Waals surface area (Å²) in [6, 6.07) is 9.51. The van der Waals surface area contributed by atoms with Crippen molar-refractivity contribution in [3.8, 4) is 23.4 Å². The molecule has 0 saturated carbocycles. The highest BCUT2D eigenvalue weighted by molar-refractivity contribution is 5.66. The Hall–Kier alpha value is -3.73. The van der Waals surface area contributed by atoms with E-state index in [1.54, 1.807) is 37.4 Å². The van der Waals surface area contributed by atoms with Gasteiger partial charge in [-0.25, -0.2) is 9.18 Å². The van der Waals surface area contributed by atoms with Gasteiger partial charge in [0.05, 0.1) is 0 Å². The molecular formula is C21H17FN4O3. The van der Waals surface area contributed by atoms with Crippen molar-refractivity contribution in [1.29, 1.82) is 0 Å². The number of likely N-dealkylation sites (tertiary alicyclic amines) is 1. The Labute approximate surface area is 166 Å². The number of hydrogen-bond acceptors (Lipinski definition) is 5. The molecule has 1 atom stereocenters. The largest absolute Gasteiger partial charge is 0.465 e. The van der Waals surface area contributed by atoms with Crippen LogP contribution >= 0.6 is 0 Å². The minimum Gasteiger partial charge on any atom is -0.465 e. The highest BCUT2D eigenvalue weighted by Crippen LogP contribution is 2.38. The third-order valence-corrected chi connectivity index (χ3v) is 4.93. The Morgan fingerprint density at radius 2 is 2.10 bits per heavy atom. The molecule has 3 heterocycles. The summed E-state index contributed by atoms with van der Waals surface area (Å²) in [6.07, 6.45) is 1.91.